The molecule has 40 heavy (non-hydrogen) atoms. The number of ketones is 1. The lowest BCUT2D eigenvalue weighted by molar-refractivity contribution is -0.146. The summed E-state index contributed by atoms with van der Waals surface area (Å²) in [5.74, 6) is -0.695. The zero-order valence-corrected chi connectivity index (χ0v) is 23.5. The van der Waals surface area contributed by atoms with Crippen LogP contribution < -0.4 is 4.74 Å². The zero-order valence-electron chi connectivity index (χ0n) is 23.5. The van der Waals surface area contributed by atoms with E-state index in [4.69, 9.17) is 18.9 Å². The van der Waals surface area contributed by atoms with Gasteiger partial charge in [-0.25, -0.2) is 4.98 Å². The maximum absolute atomic E-state index is 14.2. The largest absolute Gasteiger partial charge is 0.485 e. The van der Waals surface area contributed by atoms with Crippen LogP contribution in [0.4, 0.5) is 0 Å². The Bertz CT molecular complexity index is 1700. The van der Waals surface area contributed by atoms with Gasteiger partial charge in [-0.05, 0) is 63.4 Å². The van der Waals surface area contributed by atoms with E-state index in [1.165, 1.54) is 0 Å². The van der Waals surface area contributed by atoms with Gasteiger partial charge in [0.25, 0.3) is 0 Å². The van der Waals surface area contributed by atoms with Crippen molar-refractivity contribution in [1.82, 2.24) is 4.98 Å². The predicted molar refractivity (Wildman–Crippen MR) is 157 cm³/mol. The van der Waals surface area contributed by atoms with E-state index in [1.54, 1.807) is 13.0 Å². The normalized spacial score (nSPS) is 12.8. The molecule has 0 aliphatic heterocycles. The molecule has 204 valence electrons. The Morgan fingerprint density at radius 1 is 0.950 bits per heavy atom. The topological polar surface area (TPSA) is 78.6 Å². The molecule has 5 aromatic rings. The Morgan fingerprint density at radius 3 is 2.38 bits per heavy atom. The summed E-state index contributed by atoms with van der Waals surface area (Å²) in [6.45, 7) is 9.65. The predicted octanol–water partition coefficient (Wildman–Crippen LogP) is 8.18. The molecule has 1 unspecified atom stereocenters. The van der Waals surface area contributed by atoms with Crippen molar-refractivity contribution in [2.45, 2.75) is 47.1 Å². The number of ether oxygens (including phenoxy) is 2. The van der Waals surface area contributed by atoms with Crippen LogP contribution in [0, 0.1) is 19.8 Å². The molecule has 2 heterocycles. The number of nitrogens with zero attached hydrogens (tertiary/aromatic N) is 1. The molecular formula is C34H33NO5. The van der Waals surface area contributed by atoms with Gasteiger partial charge in [-0.15, -0.1) is 0 Å². The Balaban J connectivity index is 1.74. The zero-order chi connectivity index (χ0) is 28.4. The number of rotatable bonds is 9. The second-order valence-corrected chi connectivity index (χ2v) is 9.96. The molecule has 0 saturated heterocycles. The van der Waals surface area contributed by atoms with Crippen LogP contribution in [0.25, 0.3) is 33.3 Å². The summed E-state index contributed by atoms with van der Waals surface area (Å²) in [7, 11) is 0. The van der Waals surface area contributed by atoms with Crippen molar-refractivity contribution in [1.29, 1.82) is 0 Å². The van der Waals surface area contributed by atoms with Gasteiger partial charge in [0.2, 0.25) is 0 Å². The highest BCUT2D eigenvalue weighted by Crippen LogP contribution is 2.39. The van der Waals surface area contributed by atoms with Crippen molar-refractivity contribution in [3.05, 3.63) is 95.1 Å². The third-order valence-corrected chi connectivity index (χ3v) is 7.33. The number of carbonyl (C=O) groups is 2. The highest BCUT2D eigenvalue weighted by Gasteiger charge is 2.31. The molecule has 0 spiro atoms. The lowest BCUT2D eigenvalue weighted by atomic mass is 9.91. The van der Waals surface area contributed by atoms with Crippen molar-refractivity contribution < 1.29 is 23.5 Å². The number of carbonyl (C=O) groups excluding carboxylic acids is 2. The second-order valence-electron chi connectivity index (χ2n) is 9.96. The minimum absolute atomic E-state index is 0.200. The summed E-state index contributed by atoms with van der Waals surface area (Å²) in [4.78, 5) is 32.0. The molecule has 2 aromatic heterocycles. The van der Waals surface area contributed by atoms with Crippen molar-refractivity contribution in [2.75, 3.05) is 6.61 Å². The lowest BCUT2D eigenvalue weighted by Gasteiger charge is -2.20. The van der Waals surface area contributed by atoms with Gasteiger partial charge in [0.1, 0.15) is 29.0 Å². The molecule has 5 rings (SSSR count). The van der Waals surface area contributed by atoms with Gasteiger partial charge in [-0.3, -0.25) is 9.59 Å². The van der Waals surface area contributed by atoms with E-state index in [0.717, 1.165) is 27.7 Å². The third kappa shape index (κ3) is 4.97. The van der Waals surface area contributed by atoms with Gasteiger partial charge in [0.05, 0.1) is 17.5 Å². The number of pyridine rings is 1. The fourth-order valence-electron chi connectivity index (χ4n) is 5.14. The fourth-order valence-corrected chi connectivity index (χ4v) is 5.14. The van der Waals surface area contributed by atoms with E-state index in [-0.39, 0.29) is 18.5 Å². The second kappa shape index (κ2) is 11.3. The number of benzene rings is 3. The monoisotopic (exact) mass is 535 g/mol. The number of hydrogen-bond donors (Lipinski definition) is 0. The Hall–Kier alpha value is -4.45. The molecule has 0 aliphatic rings. The van der Waals surface area contributed by atoms with Crippen LogP contribution in [0.2, 0.25) is 0 Å². The smallest absolute Gasteiger partial charge is 0.316 e. The Kier molecular flexibility index (Phi) is 7.69. The molecule has 0 aliphatic carbocycles. The number of aryl methyl sites for hydroxylation is 2. The van der Waals surface area contributed by atoms with E-state index < -0.39 is 11.9 Å². The number of hydrogen-bond acceptors (Lipinski definition) is 6. The molecule has 6 nitrogen and oxygen atoms in total. The van der Waals surface area contributed by atoms with Crippen LogP contribution in [0.15, 0.2) is 77.2 Å². The van der Waals surface area contributed by atoms with Crippen molar-refractivity contribution >= 4 is 33.6 Å². The quantitative estimate of drug-likeness (QED) is 0.108. The molecule has 0 bridgehead atoms. The van der Waals surface area contributed by atoms with Crippen LogP contribution in [0.5, 0.6) is 5.75 Å². The highest BCUT2D eigenvalue weighted by atomic mass is 16.5. The fraction of sp³-hybridized carbons (Fsp3) is 0.265. The van der Waals surface area contributed by atoms with Gasteiger partial charge in [-0.2, -0.15) is 0 Å². The number of aromatic nitrogens is 1. The molecule has 0 amide bonds. The van der Waals surface area contributed by atoms with Crippen LogP contribution in [0.1, 0.15) is 60.3 Å². The third-order valence-electron chi connectivity index (χ3n) is 7.33. The molecule has 3 aromatic carbocycles. The molecule has 2 atom stereocenters. The first kappa shape index (κ1) is 27.1. The van der Waals surface area contributed by atoms with E-state index in [2.05, 4.69) is 0 Å². The molecule has 0 saturated carbocycles. The Morgan fingerprint density at radius 2 is 1.68 bits per heavy atom. The molecule has 0 radical (unpaired) electrons. The SMILES string of the molecule is CCOC(=O)C(CC)C(=O)c1cc(-c2oc3ccccc3c2C)nc2c(C)ccc(O[C@H](C)c3ccccc3)c12. The van der Waals surface area contributed by atoms with Gasteiger partial charge < -0.3 is 13.9 Å². The minimum Gasteiger partial charge on any atom is -0.485 e. The average molecular weight is 536 g/mol. The summed E-state index contributed by atoms with van der Waals surface area (Å²) in [5.41, 5.74) is 5.07. The van der Waals surface area contributed by atoms with Gasteiger partial charge in [-0.1, -0.05) is 61.5 Å². The van der Waals surface area contributed by atoms with E-state index in [1.807, 2.05) is 94.4 Å². The number of para-hydroxylation sites is 1. The maximum Gasteiger partial charge on any atom is 0.316 e. The molecule has 6 heteroatoms. The molecular weight excluding hydrogens is 502 g/mol. The molecule has 0 N–H and O–H groups in total. The van der Waals surface area contributed by atoms with E-state index >= 15 is 0 Å². The first-order chi connectivity index (χ1) is 19.3. The van der Waals surface area contributed by atoms with Crippen molar-refractivity contribution in [3.8, 4) is 17.2 Å². The number of fused-ring (bicyclic) bond motifs is 2. The van der Waals surface area contributed by atoms with Gasteiger partial charge in [0.15, 0.2) is 11.5 Å². The highest BCUT2D eigenvalue weighted by molar-refractivity contribution is 6.17. The maximum atomic E-state index is 14.2. The minimum atomic E-state index is -0.949. The standard InChI is InChI=1S/C34H33NO5/c1-6-24(34(37)38-7-2)32(36)26-19-27(33-21(4)25-15-11-12-16-28(25)40-33)35-31-20(3)17-18-29(30(26)31)39-22(5)23-13-9-8-10-14-23/h8-19,22,24H,6-7H2,1-5H3/t22-,24?/m1/s1. The van der Waals surface area contributed by atoms with E-state index in [9.17, 15) is 9.59 Å². The first-order valence-electron chi connectivity index (χ1n) is 13.7. The first-order valence-corrected chi connectivity index (χ1v) is 13.7. The lowest BCUT2D eigenvalue weighted by Crippen LogP contribution is -2.26. The van der Waals surface area contributed by atoms with Crippen LogP contribution >= 0.6 is 0 Å². The number of Topliss-reactive ketones (excluding diaryl/α,β-unsaturated/α-hetero) is 1. The van der Waals surface area contributed by atoms with Crippen molar-refractivity contribution in [3.63, 3.8) is 0 Å². The van der Waals surface area contributed by atoms with Crippen LogP contribution in [-0.4, -0.2) is 23.3 Å². The van der Waals surface area contributed by atoms with Gasteiger partial charge in [0, 0.05) is 16.5 Å². The number of esters is 1. The number of furan rings is 1. The van der Waals surface area contributed by atoms with Crippen LogP contribution in [-0.2, 0) is 9.53 Å². The summed E-state index contributed by atoms with van der Waals surface area (Å²) in [6, 6.07) is 23.2. The molecule has 0 fully saturated rings. The average Bonchev–Trinajstić information content (AvgIpc) is 3.31. The summed E-state index contributed by atoms with van der Waals surface area (Å²) < 4.78 is 18.0. The summed E-state index contributed by atoms with van der Waals surface area (Å²) in [5, 5.41) is 1.56. The van der Waals surface area contributed by atoms with E-state index in [0.29, 0.717) is 40.1 Å². The van der Waals surface area contributed by atoms with Gasteiger partial charge >= 0.3 is 5.97 Å². The Labute approximate surface area is 233 Å². The van der Waals surface area contributed by atoms with Crippen molar-refractivity contribution in [2.24, 2.45) is 5.92 Å². The summed E-state index contributed by atoms with van der Waals surface area (Å²) >= 11 is 0. The van der Waals surface area contributed by atoms with Crippen LogP contribution in [0.3, 0.4) is 0 Å². The summed E-state index contributed by atoms with van der Waals surface area (Å²) in [6.07, 6.45) is 0.0301.